The second-order valence-corrected chi connectivity index (χ2v) is 5.07. The fourth-order valence-corrected chi connectivity index (χ4v) is 2.67. The van der Waals surface area contributed by atoms with E-state index in [1.54, 1.807) is 17.2 Å². The summed E-state index contributed by atoms with van der Waals surface area (Å²) in [5.41, 5.74) is 0. The Kier molecular flexibility index (Phi) is 2.94. The second kappa shape index (κ2) is 4.61. The number of rotatable bonds is 3. The molecule has 0 bridgehead atoms. The SMILES string of the molecule is CN(C)[C@@H]1CN(c2ncnn2C)C[C@@H]1n1ccnn1. The average molecular weight is 262 g/mol. The van der Waals surface area contributed by atoms with E-state index >= 15 is 0 Å². The number of hydrogen-bond donors (Lipinski definition) is 0. The second-order valence-electron chi connectivity index (χ2n) is 5.07. The van der Waals surface area contributed by atoms with Crippen molar-refractivity contribution in [2.24, 2.45) is 7.05 Å². The molecule has 19 heavy (non-hydrogen) atoms. The van der Waals surface area contributed by atoms with Gasteiger partial charge in [0, 0.05) is 26.3 Å². The summed E-state index contributed by atoms with van der Waals surface area (Å²) in [7, 11) is 6.10. The molecule has 8 heteroatoms. The molecule has 0 aliphatic carbocycles. The van der Waals surface area contributed by atoms with Crippen LogP contribution in [0.3, 0.4) is 0 Å². The van der Waals surface area contributed by atoms with Crippen LogP contribution in [0.4, 0.5) is 5.95 Å². The molecule has 102 valence electrons. The Morgan fingerprint density at radius 1 is 1.32 bits per heavy atom. The molecule has 0 radical (unpaired) electrons. The summed E-state index contributed by atoms with van der Waals surface area (Å²) in [5, 5.41) is 12.2. The highest BCUT2D eigenvalue weighted by atomic mass is 15.5. The molecule has 1 aliphatic rings. The highest BCUT2D eigenvalue weighted by Crippen LogP contribution is 2.27. The Morgan fingerprint density at radius 2 is 2.16 bits per heavy atom. The van der Waals surface area contributed by atoms with Gasteiger partial charge in [-0.3, -0.25) is 0 Å². The normalized spacial score (nSPS) is 23.5. The van der Waals surface area contributed by atoms with E-state index in [0.717, 1.165) is 19.0 Å². The van der Waals surface area contributed by atoms with Gasteiger partial charge in [0.05, 0.1) is 18.3 Å². The van der Waals surface area contributed by atoms with E-state index in [4.69, 9.17) is 0 Å². The van der Waals surface area contributed by atoms with Crippen LogP contribution in [0.5, 0.6) is 0 Å². The molecule has 2 atom stereocenters. The first-order chi connectivity index (χ1) is 9.16. The van der Waals surface area contributed by atoms with Crippen molar-refractivity contribution in [2.45, 2.75) is 12.1 Å². The van der Waals surface area contributed by atoms with Gasteiger partial charge in [0.1, 0.15) is 6.33 Å². The Morgan fingerprint density at radius 3 is 2.74 bits per heavy atom. The zero-order valence-electron chi connectivity index (χ0n) is 11.4. The molecule has 3 heterocycles. The highest BCUT2D eigenvalue weighted by molar-refractivity contribution is 5.33. The zero-order valence-corrected chi connectivity index (χ0v) is 11.4. The quantitative estimate of drug-likeness (QED) is 0.735. The number of likely N-dealkylation sites (N-methyl/N-ethyl adjacent to an activating group) is 1. The molecule has 1 saturated heterocycles. The fourth-order valence-electron chi connectivity index (χ4n) is 2.67. The van der Waals surface area contributed by atoms with E-state index in [-0.39, 0.29) is 6.04 Å². The zero-order chi connectivity index (χ0) is 13.4. The smallest absolute Gasteiger partial charge is 0.223 e. The summed E-state index contributed by atoms with van der Waals surface area (Å²) < 4.78 is 3.73. The third-order valence-electron chi connectivity index (χ3n) is 3.67. The summed E-state index contributed by atoms with van der Waals surface area (Å²) in [6.45, 7) is 1.77. The third-order valence-corrected chi connectivity index (χ3v) is 3.67. The van der Waals surface area contributed by atoms with E-state index in [2.05, 4.69) is 44.3 Å². The molecule has 0 unspecified atom stereocenters. The third kappa shape index (κ3) is 2.07. The number of anilines is 1. The van der Waals surface area contributed by atoms with Gasteiger partial charge >= 0.3 is 0 Å². The van der Waals surface area contributed by atoms with Gasteiger partial charge in [-0.2, -0.15) is 10.1 Å². The maximum atomic E-state index is 4.32. The lowest BCUT2D eigenvalue weighted by atomic mass is 10.1. The first-order valence-corrected chi connectivity index (χ1v) is 6.28. The van der Waals surface area contributed by atoms with Crippen molar-refractivity contribution in [1.82, 2.24) is 34.7 Å². The minimum Gasteiger partial charge on any atom is -0.337 e. The molecule has 0 N–H and O–H groups in total. The summed E-state index contributed by atoms with van der Waals surface area (Å²) in [6, 6.07) is 0.646. The maximum absolute atomic E-state index is 4.32. The van der Waals surface area contributed by atoms with Crippen molar-refractivity contribution in [2.75, 3.05) is 32.1 Å². The molecule has 0 saturated carbocycles. The molecule has 0 spiro atoms. The number of aromatic nitrogens is 6. The van der Waals surface area contributed by atoms with Crippen molar-refractivity contribution in [3.63, 3.8) is 0 Å². The Labute approximate surface area is 111 Å². The van der Waals surface area contributed by atoms with Crippen molar-refractivity contribution in [3.05, 3.63) is 18.7 Å². The molecular weight excluding hydrogens is 244 g/mol. The minimum atomic E-state index is 0.272. The van der Waals surface area contributed by atoms with Crippen molar-refractivity contribution < 1.29 is 0 Å². The van der Waals surface area contributed by atoms with E-state index in [1.807, 2.05) is 17.9 Å². The van der Waals surface area contributed by atoms with Crippen LogP contribution < -0.4 is 4.90 Å². The van der Waals surface area contributed by atoms with Gasteiger partial charge in [-0.25, -0.2) is 9.36 Å². The largest absolute Gasteiger partial charge is 0.337 e. The van der Waals surface area contributed by atoms with Gasteiger partial charge in [-0.05, 0) is 14.1 Å². The molecule has 1 aliphatic heterocycles. The topological polar surface area (TPSA) is 67.9 Å². The van der Waals surface area contributed by atoms with Gasteiger partial charge in [0.2, 0.25) is 5.95 Å². The van der Waals surface area contributed by atoms with Crippen LogP contribution in [0.2, 0.25) is 0 Å². The molecule has 8 nitrogen and oxygen atoms in total. The maximum Gasteiger partial charge on any atom is 0.223 e. The van der Waals surface area contributed by atoms with Gasteiger partial charge < -0.3 is 9.80 Å². The van der Waals surface area contributed by atoms with Gasteiger partial charge in [-0.15, -0.1) is 5.10 Å². The number of nitrogens with zero attached hydrogens (tertiary/aromatic N) is 8. The van der Waals surface area contributed by atoms with Gasteiger partial charge in [0.15, 0.2) is 0 Å². The van der Waals surface area contributed by atoms with E-state index < -0.39 is 0 Å². The fraction of sp³-hybridized carbons (Fsp3) is 0.636. The minimum absolute atomic E-state index is 0.272. The first-order valence-electron chi connectivity index (χ1n) is 6.28. The lowest BCUT2D eigenvalue weighted by molar-refractivity contribution is 0.243. The van der Waals surface area contributed by atoms with Crippen LogP contribution in [0, 0.1) is 0 Å². The molecule has 2 aromatic rings. The van der Waals surface area contributed by atoms with E-state index in [1.165, 1.54) is 0 Å². The van der Waals surface area contributed by atoms with E-state index in [9.17, 15) is 0 Å². The van der Waals surface area contributed by atoms with Gasteiger partial charge in [0.25, 0.3) is 0 Å². The lowest BCUT2D eigenvalue weighted by Crippen LogP contribution is -2.36. The Balaban J connectivity index is 1.87. The van der Waals surface area contributed by atoms with Crippen molar-refractivity contribution in [3.8, 4) is 0 Å². The van der Waals surface area contributed by atoms with Crippen LogP contribution in [0.1, 0.15) is 6.04 Å². The molecule has 0 amide bonds. The average Bonchev–Trinajstić information content (AvgIpc) is 3.06. The predicted molar refractivity (Wildman–Crippen MR) is 69.8 cm³/mol. The summed E-state index contributed by atoms with van der Waals surface area (Å²) in [4.78, 5) is 8.79. The molecule has 0 aromatic carbocycles. The summed E-state index contributed by atoms with van der Waals surface area (Å²) >= 11 is 0. The highest BCUT2D eigenvalue weighted by Gasteiger charge is 2.37. The Bertz CT molecular complexity index is 531. The number of aryl methyl sites for hydroxylation is 1. The van der Waals surface area contributed by atoms with Crippen LogP contribution in [0.25, 0.3) is 0 Å². The molecule has 1 fully saturated rings. The van der Waals surface area contributed by atoms with Crippen molar-refractivity contribution >= 4 is 5.95 Å². The van der Waals surface area contributed by atoms with Crippen LogP contribution in [0.15, 0.2) is 18.7 Å². The summed E-state index contributed by atoms with van der Waals surface area (Å²) in [5.74, 6) is 0.898. The lowest BCUT2D eigenvalue weighted by Gasteiger charge is -2.24. The van der Waals surface area contributed by atoms with Gasteiger partial charge in [-0.1, -0.05) is 5.21 Å². The van der Waals surface area contributed by atoms with Crippen molar-refractivity contribution in [1.29, 1.82) is 0 Å². The standard InChI is InChI=1S/C11H18N8/c1-16(2)9-6-18(11-12-8-14-17(11)3)7-10(9)19-5-4-13-15-19/h4-5,8-10H,6-7H2,1-3H3/t9-,10+/m1/s1. The van der Waals surface area contributed by atoms with Crippen LogP contribution >= 0.6 is 0 Å². The molecule has 2 aromatic heterocycles. The predicted octanol–water partition coefficient (Wildman–Crippen LogP) is -0.602. The van der Waals surface area contributed by atoms with Crippen LogP contribution in [-0.4, -0.2) is 67.9 Å². The number of hydrogen-bond acceptors (Lipinski definition) is 6. The van der Waals surface area contributed by atoms with Crippen LogP contribution in [-0.2, 0) is 7.05 Å². The Hall–Kier alpha value is -1.96. The summed E-state index contributed by atoms with van der Waals surface area (Å²) in [6.07, 6.45) is 5.22. The molecular formula is C11H18N8. The molecule has 3 rings (SSSR count). The first kappa shape index (κ1) is 12.1. The monoisotopic (exact) mass is 262 g/mol. The van der Waals surface area contributed by atoms with E-state index in [0.29, 0.717) is 6.04 Å².